The molecule has 0 aliphatic rings. The van der Waals surface area contributed by atoms with E-state index in [1.807, 2.05) is 0 Å². The molecule has 0 amide bonds. The standard InChI is InChI=1S/C26H39ClO2/c1-4-6-7-8-9-11-18-28-24-15-16-25-21(3)26(17-14-22(25)20-24)29-19-12-10-13-23(27)5-2/h14-17,20,23H,4-13,18-19H2,1-3H3. The SMILES string of the molecule is CCCCCCCCOc1ccc2c(C)c(OCCCCC(Cl)CC)ccc2c1. The molecule has 2 rings (SSSR count). The average Bonchev–Trinajstić information content (AvgIpc) is 2.74. The quantitative estimate of drug-likeness (QED) is 0.213. The Kier molecular flexibility index (Phi) is 11.3. The third kappa shape index (κ3) is 8.46. The van der Waals surface area contributed by atoms with Gasteiger partial charge in [-0.1, -0.05) is 58.1 Å². The van der Waals surface area contributed by atoms with Crippen LogP contribution >= 0.6 is 11.6 Å². The summed E-state index contributed by atoms with van der Waals surface area (Å²) in [7, 11) is 0. The Hall–Kier alpha value is -1.41. The molecule has 0 aromatic heterocycles. The summed E-state index contributed by atoms with van der Waals surface area (Å²) in [5.74, 6) is 1.95. The summed E-state index contributed by atoms with van der Waals surface area (Å²) in [6, 6.07) is 10.6. The molecule has 0 saturated carbocycles. The van der Waals surface area contributed by atoms with Gasteiger partial charge in [0.15, 0.2) is 0 Å². The zero-order chi connectivity index (χ0) is 20.9. The van der Waals surface area contributed by atoms with E-state index in [9.17, 15) is 0 Å². The zero-order valence-corrected chi connectivity index (χ0v) is 19.4. The third-order valence-corrected chi connectivity index (χ3v) is 6.12. The Balaban J connectivity index is 1.80. The van der Waals surface area contributed by atoms with Gasteiger partial charge in [0.25, 0.3) is 0 Å². The van der Waals surface area contributed by atoms with Gasteiger partial charge in [-0.3, -0.25) is 0 Å². The van der Waals surface area contributed by atoms with E-state index in [2.05, 4.69) is 51.1 Å². The molecule has 162 valence electrons. The van der Waals surface area contributed by atoms with E-state index >= 15 is 0 Å². The average molecular weight is 419 g/mol. The van der Waals surface area contributed by atoms with E-state index in [1.165, 1.54) is 48.4 Å². The van der Waals surface area contributed by atoms with Crippen molar-refractivity contribution in [3.05, 3.63) is 35.9 Å². The Labute approximate surface area is 182 Å². The predicted molar refractivity (Wildman–Crippen MR) is 127 cm³/mol. The lowest BCUT2D eigenvalue weighted by molar-refractivity contribution is 0.303. The molecule has 2 nitrogen and oxygen atoms in total. The molecule has 0 fully saturated rings. The first-order chi connectivity index (χ1) is 14.2. The number of halogens is 1. The number of rotatable bonds is 15. The summed E-state index contributed by atoms with van der Waals surface area (Å²) < 4.78 is 12.0. The second kappa shape index (κ2) is 13.7. The highest BCUT2D eigenvalue weighted by atomic mass is 35.5. The van der Waals surface area contributed by atoms with Crippen LogP contribution in [-0.4, -0.2) is 18.6 Å². The molecule has 0 heterocycles. The maximum absolute atomic E-state index is 6.18. The molecule has 0 N–H and O–H groups in total. The molecule has 2 aromatic carbocycles. The van der Waals surface area contributed by atoms with Crippen molar-refractivity contribution in [2.45, 2.75) is 90.4 Å². The normalized spacial score (nSPS) is 12.3. The van der Waals surface area contributed by atoms with Crippen molar-refractivity contribution < 1.29 is 9.47 Å². The topological polar surface area (TPSA) is 18.5 Å². The second-order valence-corrected chi connectivity index (χ2v) is 8.65. The first-order valence-corrected chi connectivity index (χ1v) is 12.0. The fourth-order valence-corrected chi connectivity index (χ4v) is 3.77. The number of aryl methyl sites for hydroxylation is 1. The first kappa shape index (κ1) is 23.9. The minimum absolute atomic E-state index is 0.301. The van der Waals surface area contributed by atoms with E-state index in [-0.39, 0.29) is 0 Å². The summed E-state index contributed by atoms with van der Waals surface area (Å²) in [5, 5.41) is 2.75. The van der Waals surface area contributed by atoms with Crippen molar-refractivity contribution in [3.63, 3.8) is 0 Å². The highest BCUT2D eigenvalue weighted by molar-refractivity contribution is 6.20. The highest BCUT2D eigenvalue weighted by Crippen LogP contribution is 2.30. The van der Waals surface area contributed by atoms with Gasteiger partial charge in [0.2, 0.25) is 0 Å². The zero-order valence-electron chi connectivity index (χ0n) is 18.6. The molecule has 0 saturated heterocycles. The Bertz CT molecular complexity index is 713. The lowest BCUT2D eigenvalue weighted by atomic mass is 10.0. The molecule has 0 radical (unpaired) electrons. The van der Waals surface area contributed by atoms with Gasteiger partial charge in [0, 0.05) is 5.38 Å². The fourth-order valence-electron chi connectivity index (χ4n) is 3.62. The number of hydrogen-bond acceptors (Lipinski definition) is 2. The maximum atomic E-state index is 6.18. The number of benzene rings is 2. The summed E-state index contributed by atoms with van der Waals surface area (Å²) >= 11 is 6.18. The van der Waals surface area contributed by atoms with Gasteiger partial charge in [-0.05, 0) is 73.6 Å². The smallest absolute Gasteiger partial charge is 0.122 e. The number of unbranched alkanes of at least 4 members (excludes halogenated alkanes) is 6. The molecular formula is C26H39ClO2. The van der Waals surface area contributed by atoms with Crippen LogP contribution in [0.5, 0.6) is 11.5 Å². The molecular weight excluding hydrogens is 380 g/mol. The van der Waals surface area contributed by atoms with Gasteiger partial charge >= 0.3 is 0 Å². The van der Waals surface area contributed by atoms with Crippen molar-refractivity contribution in [2.24, 2.45) is 0 Å². The fraction of sp³-hybridized carbons (Fsp3) is 0.615. The van der Waals surface area contributed by atoms with Crippen LogP contribution in [0.2, 0.25) is 0 Å². The summed E-state index contributed by atoms with van der Waals surface area (Å²) in [4.78, 5) is 0. The van der Waals surface area contributed by atoms with Crippen LogP contribution in [0.25, 0.3) is 10.8 Å². The maximum Gasteiger partial charge on any atom is 0.122 e. The van der Waals surface area contributed by atoms with Crippen LogP contribution in [-0.2, 0) is 0 Å². The van der Waals surface area contributed by atoms with Crippen LogP contribution < -0.4 is 9.47 Å². The van der Waals surface area contributed by atoms with Crippen molar-refractivity contribution in [1.29, 1.82) is 0 Å². The van der Waals surface area contributed by atoms with Crippen molar-refractivity contribution >= 4 is 22.4 Å². The lowest BCUT2D eigenvalue weighted by Crippen LogP contribution is -2.02. The Morgan fingerprint density at radius 1 is 0.828 bits per heavy atom. The molecule has 0 spiro atoms. The Morgan fingerprint density at radius 3 is 2.34 bits per heavy atom. The van der Waals surface area contributed by atoms with Crippen molar-refractivity contribution in [1.82, 2.24) is 0 Å². The molecule has 3 heteroatoms. The van der Waals surface area contributed by atoms with Gasteiger partial charge in [-0.15, -0.1) is 11.6 Å². The van der Waals surface area contributed by atoms with Gasteiger partial charge in [0.1, 0.15) is 11.5 Å². The van der Waals surface area contributed by atoms with Crippen LogP contribution in [0.15, 0.2) is 30.3 Å². The molecule has 1 atom stereocenters. The van der Waals surface area contributed by atoms with E-state index in [0.717, 1.165) is 56.8 Å². The number of ether oxygens (including phenoxy) is 2. The van der Waals surface area contributed by atoms with E-state index in [4.69, 9.17) is 21.1 Å². The van der Waals surface area contributed by atoms with Crippen LogP contribution in [0, 0.1) is 6.92 Å². The monoisotopic (exact) mass is 418 g/mol. The van der Waals surface area contributed by atoms with Crippen LogP contribution in [0.3, 0.4) is 0 Å². The summed E-state index contributed by atoms with van der Waals surface area (Å²) in [5.41, 5.74) is 1.20. The summed E-state index contributed by atoms with van der Waals surface area (Å²) in [6.45, 7) is 8.08. The minimum Gasteiger partial charge on any atom is -0.494 e. The van der Waals surface area contributed by atoms with Crippen LogP contribution in [0.4, 0.5) is 0 Å². The molecule has 0 aliphatic carbocycles. The van der Waals surface area contributed by atoms with E-state index in [1.54, 1.807) is 0 Å². The molecule has 0 aliphatic heterocycles. The third-order valence-electron chi connectivity index (χ3n) is 5.59. The number of alkyl halides is 1. The van der Waals surface area contributed by atoms with Gasteiger partial charge in [-0.25, -0.2) is 0 Å². The molecule has 0 bridgehead atoms. The van der Waals surface area contributed by atoms with E-state index in [0.29, 0.717) is 5.38 Å². The number of fused-ring (bicyclic) bond motifs is 1. The van der Waals surface area contributed by atoms with Crippen molar-refractivity contribution in [3.8, 4) is 11.5 Å². The summed E-state index contributed by atoms with van der Waals surface area (Å²) in [6.07, 6.45) is 12.0. The second-order valence-electron chi connectivity index (χ2n) is 8.04. The highest BCUT2D eigenvalue weighted by Gasteiger charge is 2.07. The molecule has 2 aromatic rings. The lowest BCUT2D eigenvalue weighted by Gasteiger charge is -2.13. The van der Waals surface area contributed by atoms with Gasteiger partial charge in [0.05, 0.1) is 13.2 Å². The Morgan fingerprint density at radius 2 is 1.55 bits per heavy atom. The first-order valence-electron chi connectivity index (χ1n) is 11.6. The van der Waals surface area contributed by atoms with Gasteiger partial charge in [-0.2, -0.15) is 0 Å². The van der Waals surface area contributed by atoms with E-state index < -0.39 is 0 Å². The predicted octanol–water partition coefficient (Wildman–Crippen LogP) is 8.45. The molecule has 29 heavy (non-hydrogen) atoms. The largest absolute Gasteiger partial charge is 0.494 e. The van der Waals surface area contributed by atoms with Crippen LogP contribution in [0.1, 0.15) is 83.6 Å². The minimum atomic E-state index is 0.301. The van der Waals surface area contributed by atoms with Crippen molar-refractivity contribution in [2.75, 3.05) is 13.2 Å². The molecule has 1 unspecified atom stereocenters. The number of hydrogen-bond donors (Lipinski definition) is 0. The van der Waals surface area contributed by atoms with Gasteiger partial charge < -0.3 is 9.47 Å².